The molecule has 1 aromatic heterocycles. The number of hydrogen-bond donors (Lipinski definition) is 1. The minimum atomic E-state index is -0.679. The number of aliphatic carboxylic acids is 1. The predicted molar refractivity (Wildman–Crippen MR) is 81.4 cm³/mol. The zero-order chi connectivity index (χ0) is 15.3. The van der Waals surface area contributed by atoms with E-state index in [1.165, 1.54) is 12.8 Å². The first-order chi connectivity index (χ1) is 10.1. The van der Waals surface area contributed by atoms with Crippen molar-refractivity contribution in [1.82, 2.24) is 4.98 Å². The molecule has 0 radical (unpaired) electrons. The van der Waals surface area contributed by atoms with Crippen LogP contribution in [0, 0.1) is 11.3 Å². The van der Waals surface area contributed by atoms with E-state index in [0.29, 0.717) is 18.2 Å². The molecule has 1 heterocycles. The molecule has 1 aliphatic rings. The Hall–Kier alpha value is -1.58. The molecule has 1 aromatic rings. The lowest BCUT2D eigenvalue weighted by atomic mass is 9.67. The van der Waals surface area contributed by atoms with Crippen LogP contribution in [0.3, 0.4) is 0 Å². The van der Waals surface area contributed by atoms with Gasteiger partial charge in [0, 0.05) is 18.2 Å². The Kier molecular flexibility index (Phi) is 5.21. The summed E-state index contributed by atoms with van der Waals surface area (Å²) >= 11 is 0. The van der Waals surface area contributed by atoms with E-state index in [9.17, 15) is 9.90 Å². The van der Waals surface area contributed by atoms with Gasteiger partial charge in [-0.1, -0.05) is 25.8 Å². The van der Waals surface area contributed by atoms with Gasteiger partial charge >= 0.3 is 5.97 Å². The van der Waals surface area contributed by atoms with Crippen LogP contribution in [0.15, 0.2) is 18.2 Å². The molecule has 0 aliphatic heterocycles. The summed E-state index contributed by atoms with van der Waals surface area (Å²) in [5.41, 5.74) is 0.162. The quantitative estimate of drug-likeness (QED) is 0.868. The summed E-state index contributed by atoms with van der Waals surface area (Å²) in [6.07, 6.45) is 6.44. The highest BCUT2D eigenvalue weighted by Gasteiger charge is 2.42. The molecule has 1 saturated carbocycles. The van der Waals surface area contributed by atoms with Crippen LogP contribution >= 0.6 is 0 Å². The van der Waals surface area contributed by atoms with Crippen LogP contribution in [0.25, 0.3) is 0 Å². The number of carbonyl (C=O) groups is 1. The van der Waals surface area contributed by atoms with Crippen molar-refractivity contribution in [2.45, 2.75) is 51.9 Å². The van der Waals surface area contributed by atoms with Crippen molar-refractivity contribution in [2.24, 2.45) is 11.3 Å². The number of nitrogens with zero attached hydrogens (tertiary/aromatic N) is 1. The first-order valence-electron chi connectivity index (χ1n) is 7.83. The van der Waals surface area contributed by atoms with Gasteiger partial charge in [-0.05, 0) is 37.7 Å². The second-order valence-corrected chi connectivity index (χ2v) is 6.17. The molecule has 2 rings (SSSR count). The topological polar surface area (TPSA) is 59.4 Å². The van der Waals surface area contributed by atoms with Crippen molar-refractivity contribution in [1.29, 1.82) is 0 Å². The Labute approximate surface area is 126 Å². The van der Waals surface area contributed by atoms with Gasteiger partial charge in [0.15, 0.2) is 0 Å². The SMILES string of the molecule is CCCC1CCC(Cc2cccc(OC)n2)(C(=O)O)CC1. The summed E-state index contributed by atoms with van der Waals surface area (Å²) in [4.78, 5) is 16.2. The lowest BCUT2D eigenvalue weighted by molar-refractivity contribution is -0.151. The molecule has 4 nitrogen and oxygen atoms in total. The third kappa shape index (κ3) is 3.74. The molecule has 0 amide bonds. The molecule has 1 N–H and O–H groups in total. The van der Waals surface area contributed by atoms with Crippen LogP contribution < -0.4 is 4.74 Å². The average molecular weight is 291 g/mol. The molecular weight excluding hydrogens is 266 g/mol. The summed E-state index contributed by atoms with van der Waals surface area (Å²) in [6, 6.07) is 5.56. The number of hydrogen-bond acceptors (Lipinski definition) is 3. The maximum absolute atomic E-state index is 11.8. The standard InChI is InChI=1S/C17H25NO3/c1-3-5-13-8-10-17(11-9-13,16(19)20)12-14-6-4-7-15(18-14)21-2/h4,6-7,13H,3,5,8-12H2,1-2H3,(H,19,20). The minimum Gasteiger partial charge on any atom is -0.481 e. The van der Waals surface area contributed by atoms with Crippen molar-refractivity contribution in [3.63, 3.8) is 0 Å². The van der Waals surface area contributed by atoms with E-state index in [4.69, 9.17) is 4.74 Å². The van der Waals surface area contributed by atoms with Crippen LogP contribution in [-0.2, 0) is 11.2 Å². The fourth-order valence-electron chi connectivity index (χ4n) is 3.41. The Morgan fingerprint density at radius 3 is 2.71 bits per heavy atom. The van der Waals surface area contributed by atoms with E-state index in [0.717, 1.165) is 31.4 Å². The lowest BCUT2D eigenvalue weighted by Gasteiger charge is -2.36. The molecular formula is C17H25NO3. The molecule has 116 valence electrons. The Morgan fingerprint density at radius 2 is 2.14 bits per heavy atom. The molecule has 0 spiro atoms. The van der Waals surface area contributed by atoms with Gasteiger partial charge in [0.1, 0.15) is 0 Å². The van der Waals surface area contributed by atoms with E-state index in [1.54, 1.807) is 13.2 Å². The van der Waals surface area contributed by atoms with Crippen LogP contribution in [-0.4, -0.2) is 23.2 Å². The van der Waals surface area contributed by atoms with E-state index in [1.807, 2.05) is 12.1 Å². The number of rotatable bonds is 6. The van der Waals surface area contributed by atoms with Crippen LogP contribution in [0.4, 0.5) is 0 Å². The zero-order valence-electron chi connectivity index (χ0n) is 13.0. The highest BCUT2D eigenvalue weighted by atomic mass is 16.5. The van der Waals surface area contributed by atoms with Crippen LogP contribution in [0.5, 0.6) is 5.88 Å². The molecule has 4 heteroatoms. The van der Waals surface area contributed by atoms with Gasteiger partial charge < -0.3 is 9.84 Å². The molecule has 1 aliphatic carbocycles. The van der Waals surface area contributed by atoms with Crippen molar-refractivity contribution in [3.8, 4) is 5.88 Å². The third-order valence-corrected chi connectivity index (χ3v) is 4.72. The van der Waals surface area contributed by atoms with Gasteiger partial charge in [-0.25, -0.2) is 4.98 Å². The monoisotopic (exact) mass is 291 g/mol. The van der Waals surface area contributed by atoms with Gasteiger partial charge in [-0.2, -0.15) is 0 Å². The largest absolute Gasteiger partial charge is 0.481 e. The molecule has 0 aromatic carbocycles. The summed E-state index contributed by atoms with van der Waals surface area (Å²) in [7, 11) is 1.58. The molecule has 0 bridgehead atoms. The Balaban J connectivity index is 2.11. The van der Waals surface area contributed by atoms with E-state index < -0.39 is 11.4 Å². The van der Waals surface area contributed by atoms with Gasteiger partial charge in [-0.15, -0.1) is 0 Å². The summed E-state index contributed by atoms with van der Waals surface area (Å²) in [5, 5.41) is 9.73. The Bertz CT molecular complexity index is 479. The minimum absolute atomic E-state index is 0.498. The second kappa shape index (κ2) is 6.92. The fourth-order valence-corrected chi connectivity index (χ4v) is 3.41. The number of pyridine rings is 1. The van der Waals surface area contributed by atoms with Gasteiger partial charge in [0.05, 0.1) is 12.5 Å². The molecule has 0 unspecified atom stereocenters. The van der Waals surface area contributed by atoms with Crippen molar-refractivity contribution in [3.05, 3.63) is 23.9 Å². The van der Waals surface area contributed by atoms with E-state index in [-0.39, 0.29) is 0 Å². The molecule has 1 fully saturated rings. The molecule has 0 atom stereocenters. The molecule has 0 saturated heterocycles. The van der Waals surface area contributed by atoms with Gasteiger partial charge in [-0.3, -0.25) is 4.79 Å². The number of methoxy groups -OCH3 is 1. The number of carboxylic acid groups (broad SMARTS) is 1. The maximum Gasteiger partial charge on any atom is 0.310 e. The van der Waals surface area contributed by atoms with Crippen molar-refractivity contribution in [2.75, 3.05) is 7.11 Å². The number of carboxylic acids is 1. The fraction of sp³-hybridized carbons (Fsp3) is 0.647. The average Bonchev–Trinajstić information content (AvgIpc) is 2.49. The highest BCUT2D eigenvalue weighted by Crippen LogP contribution is 2.43. The van der Waals surface area contributed by atoms with Crippen LogP contribution in [0.2, 0.25) is 0 Å². The second-order valence-electron chi connectivity index (χ2n) is 6.17. The summed E-state index contributed by atoms with van der Waals surface area (Å²) in [6.45, 7) is 2.19. The maximum atomic E-state index is 11.8. The van der Waals surface area contributed by atoms with Crippen molar-refractivity contribution < 1.29 is 14.6 Å². The van der Waals surface area contributed by atoms with E-state index >= 15 is 0 Å². The first-order valence-corrected chi connectivity index (χ1v) is 7.83. The first kappa shape index (κ1) is 15.8. The number of aromatic nitrogens is 1. The normalized spacial score (nSPS) is 25.5. The third-order valence-electron chi connectivity index (χ3n) is 4.72. The smallest absolute Gasteiger partial charge is 0.310 e. The lowest BCUT2D eigenvalue weighted by Crippen LogP contribution is -2.37. The zero-order valence-corrected chi connectivity index (χ0v) is 13.0. The Morgan fingerprint density at radius 1 is 1.43 bits per heavy atom. The molecule has 21 heavy (non-hydrogen) atoms. The van der Waals surface area contributed by atoms with Gasteiger partial charge in [0.2, 0.25) is 5.88 Å². The number of ether oxygens (including phenoxy) is 1. The summed E-state index contributed by atoms with van der Waals surface area (Å²) < 4.78 is 5.13. The van der Waals surface area contributed by atoms with Crippen LogP contribution in [0.1, 0.15) is 51.1 Å². The summed E-state index contributed by atoms with van der Waals surface area (Å²) in [5.74, 6) is 0.565. The highest BCUT2D eigenvalue weighted by molar-refractivity contribution is 5.75. The van der Waals surface area contributed by atoms with Crippen molar-refractivity contribution >= 4 is 5.97 Å². The van der Waals surface area contributed by atoms with E-state index in [2.05, 4.69) is 11.9 Å². The van der Waals surface area contributed by atoms with Gasteiger partial charge in [0.25, 0.3) is 0 Å². The predicted octanol–water partition coefficient (Wildman–Crippen LogP) is 3.69.